The quantitative estimate of drug-likeness (QED) is 0.0517. The number of aliphatic hydroxyl groups is 1. The van der Waals surface area contributed by atoms with E-state index in [4.69, 9.17) is 15.2 Å². The highest BCUT2D eigenvalue weighted by atomic mass is 16.7. The minimum absolute atomic E-state index is 0.00113. The van der Waals surface area contributed by atoms with Gasteiger partial charge in [-0.25, -0.2) is 0 Å². The van der Waals surface area contributed by atoms with Crippen molar-refractivity contribution in [3.05, 3.63) is 155 Å². The number of carbonyl (C=O) groups is 2. The smallest absolute Gasteiger partial charge is 0.224 e. The van der Waals surface area contributed by atoms with Crippen LogP contribution in [0.2, 0.25) is 0 Å². The van der Waals surface area contributed by atoms with Crippen molar-refractivity contribution >= 4 is 23.2 Å². The van der Waals surface area contributed by atoms with Crippen LogP contribution >= 0.6 is 0 Å². The maximum absolute atomic E-state index is 12.8. The summed E-state index contributed by atoms with van der Waals surface area (Å²) >= 11 is 0. The number of benzene rings is 5. The van der Waals surface area contributed by atoms with Gasteiger partial charge in [-0.3, -0.25) is 14.5 Å². The number of likely N-dealkylation sites (N-methyl/N-ethyl adjacent to an activating group) is 1. The minimum atomic E-state index is -0.555. The molecule has 1 heterocycles. The molecule has 0 aromatic heterocycles. The van der Waals surface area contributed by atoms with Crippen LogP contribution in [0.1, 0.15) is 98.1 Å². The molecule has 0 bridgehead atoms. The number of para-hydroxylation sites is 2. The summed E-state index contributed by atoms with van der Waals surface area (Å²) < 4.78 is 13.3. The SMILES string of the molecule is C[C@@H](c1ccccc1)N(C)C[C@H]1C[C@@H](c2ccc(CO)cc2)O[C@@H](c2ccc(-c3ccccc3CNC(=O)CCCCCCC(=O)Nc3ccccc3N)cc2)O1. The number of ether oxygens (including phenoxy) is 2. The van der Waals surface area contributed by atoms with Gasteiger partial charge < -0.3 is 30.9 Å². The fourth-order valence-corrected chi connectivity index (χ4v) is 7.30. The predicted molar refractivity (Wildman–Crippen MR) is 227 cm³/mol. The van der Waals surface area contributed by atoms with Gasteiger partial charge in [-0.2, -0.15) is 0 Å². The average Bonchev–Trinajstić information content (AvgIpc) is 3.25. The monoisotopic (exact) mass is 768 g/mol. The van der Waals surface area contributed by atoms with E-state index in [1.807, 2.05) is 54.6 Å². The number of hydrogen-bond acceptors (Lipinski definition) is 7. The molecule has 1 aliphatic rings. The first-order chi connectivity index (χ1) is 27.8. The van der Waals surface area contributed by atoms with Crippen molar-refractivity contribution in [2.24, 2.45) is 0 Å². The number of nitrogens with two attached hydrogens (primary N) is 1. The average molecular weight is 769 g/mol. The lowest BCUT2D eigenvalue weighted by Gasteiger charge is -2.39. The lowest BCUT2D eigenvalue weighted by atomic mass is 9.97. The number of nitrogens with zero attached hydrogens (tertiary/aromatic N) is 1. The number of amides is 2. The normalized spacial score (nSPS) is 17.2. The van der Waals surface area contributed by atoms with E-state index in [1.165, 1.54) is 5.56 Å². The number of unbranched alkanes of at least 4 members (excludes halogenated alkanes) is 3. The van der Waals surface area contributed by atoms with E-state index < -0.39 is 6.29 Å². The molecule has 57 heavy (non-hydrogen) atoms. The summed E-state index contributed by atoms with van der Waals surface area (Å²) in [6, 6.07) is 42.4. The third-order valence-electron chi connectivity index (χ3n) is 10.8. The highest BCUT2D eigenvalue weighted by Crippen LogP contribution is 2.39. The number of nitrogen functional groups attached to an aromatic ring is 1. The first kappa shape index (κ1) is 41.3. The standard InChI is InChI=1S/C48H56N4O5/c1-34(36-14-6-5-7-15-36)52(2)32-41-30-45(38-24-22-35(33-53)23-25-38)57-48(56-41)39-28-26-37(27-29-39)42-17-11-10-16-40(42)31-50-46(54)20-8-3-4-9-21-47(55)51-44-19-13-12-18-43(44)49/h5-7,10-19,22-29,34,41,45,48,53H,3-4,8-9,20-21,30-33,49H2,1-2H3,(H,50,54)(H,51,55)/t34-,41+,45-,48-/m0/s1. The Bertz CT molecular complexity index is 2020. The molecule has 1 saturated heterocycles. The third kappa shape index (κ3) is 11.8. The van der Waals surface area contributed by atoms with Crippen molar-refractivity contribution in [1.82, 2.24) is 10.2 Å². The summed E-state index contributed by atoms with van der Waals surface area (Å²) in [5.41, 5.74) is 14.4. The van der Waals surface area contributed by atoms with Crippen LogP contribution in [-0.4, -0.2) is 41.5 Å². The zero-order valence-corrected chi connectivity index (χ0v) is 33.1. The van der Waals surface area contributed by atoms with Crippen molar-refractivity contribution in [2.75, 3.05) is 24.6 Å². The van der Waals surface area contributed by atoms with Crippen LogP contribution in [0.3, 0.4) is 0 Å². The summed E-state index contributed by atoms with van der Waals surface area (Å²) in [7, 11) is 2.14. The van der Waals surface area contributed by atoms with Gasteiger partial charge in [0.25, 0.3) is 0 Å². The zero-order chi connectivity index (χ0) is 40.0. The molecule has 4 atom stereocenters. The molecule has 0 radical (unpaired) electrons. The van der Waals surface area contributed by atoms with Crippen LogP contribution in [-0.2, 0) is 32.2 Å². The maximum Gasteiger partial charge on any atom is 0.224 e. The Morgan fingerprint density at radius 3 is 2.14 bits per heavy atom. The van der Waals surface area contributed by atoms with Gasteiger partial charge in [0.15, 0.2) is 6.29 Å². The molecule has 0 unspecified atom stereocenters. The molecular formula is C48H56N4O5. The molecular weight excluding hydrogens is 713 g/mol. The van der Waals surface area contributed by atoms with Crippen molar-refractivity contribution in [1.29, 1.82) is 0 Å². The van der Waals surface area contributed by atoms with Crippen LogP contribution in [0.4, 0.5) is 11.4 Å². The fraction of sp³-hybridized carbons (Fsp3) is 0.333. The van der Waals surface area contributed by atoms with Crippen LogP contribution in [0.15, 0.2) is 127 Å². The first-order valence-corrected chi connectivity index (χ1v) is 20.1. The van der Waals surface area contributed by atoms with Gasteiger partial charge in [-0.15, -0.1) is 0 Å². The summed E-state index contributed by atoms with van der Waals surface area (Å²) in [5, 5.41) is 15.6. The molecule has 5 aromatic rings. The molecule has 5 aromatic carbocycles. The number of nitrogens with one attached hydrogen (secondary N) is 2. The van der Waals surface area contributed by atoms with Gasteiger partial charge in [0.2, 0.25) is 11.8 Å². The third-order valence-corrected chi connectivity index (χ3v) is 10.8. The Hall–Kier alpha value is -5.32. The number of carbonyl (C=O) groups excluding carboxylic acids is 2. The Labute approximate surface area is 337 Å². The van der Waals surface area contributed by atoms with E-state index in [2.05, 4.69) is 90.2 Å². The van der Waals surface area contributed by atoms with Gasteiger partial charge in [-0.1, -0.05) is 128 Å². The topological polar surface area (TPSA) is 126 Å². The molecule has 0 saturated carbocycles. The van der Waals surface area contributed by atoms with Crippen LogP contribution in [0, 0.1) is 0 Å². The van der Waals surface area contributed by atoms with E-state index in [0.29, 0.717) is 37.2 Å². The van der Waals surface area contributed by atoms with Gasteiger partial charge in [0.05, 0.1) is 30.2 Å². The van der Waals surface area contributed by atoms with E-state index in [1.54, 1.807) is 12.1 Å². The van der Waals surface area contributed by atoms with Gasteiger partial charge in [0.1, 0.15) is 0 Å². The number of aliphatic hydroxyl groups excluding tert-OH is 1. The highest BCUT2D eigenvalue weighted by Gasteiger charge is 2.33. The fourth-order valence-electron chi connectivity index (χ4n) is 7.30. The van der Waals surface area contributed by atoms with Gasteiger partial charge >= 0.3 is 0 Å². The molecule has 5 N–H and O–H groups in total. The lowest BCUT2D eigenvalue weighted by molar-refractivity contribution is -0.253. The maximum atomic E-state index is 12.8. The number of rotatable bonds is 18. The Morgan fingerprint density at radius 1 is 0.772 bits per heavy atom. The van der Waals surface area contributed by atoms with Gasteiger partial charge in [0, 0.05) is 44.0 Å². The first-order valence-electron chi connectivity index (χ1n) is 20.1. The molecule has 1 aliphatic heterocycles. The molecule has 6 rings (SSSR count). The second kappa shape index (κ2) is 20.7. The van der Waals surface area contributed by atoms with Gasteiger partial charge in [-0.05, 0) is 72.3 Å². The number of hydrogen-bond donors (Lipinski definition) is 4. The summed E-state index contributed by atoms with van der Waals surface area (Å²) in [5.74, 6) is -0.0331. The molecule has 0 aliphatic carbocycles. The molecule has 9 heteroatoms. The van der Waals surface area contributed by atoms with Crippen LogP contribution < -0.4 is 16.4 Å². The molecule has 0 spiro atoms. The van der Waals surface area contributed by atoms with E-state index in [0.717, 1.165) is 65.6 Å². The van der Waals surface area contributed by atoms with E-state index >= 15 is 0 Å². The molecule has 2 amide bonds. The van der Waals surface area contributed by atoms with E-state index in [-0.39, 0.29) is 36.7 Å². The largest absolute Gasteiger partial charge is 0.397 e. The summed E-state index contributed by atoms with van der Waals surface area (Å²) in [6.45, 7) is 3.39. The second-order valence-corrected chi connectivity index (χ2v) is 15.0. The lowest BCUT2D eigenvalue weighted by Crippen LogP contribution is -2.38. The summed E-state index contributed by atoms with van der Waals surface area (Å²) in [6.07, 6.45) is 4.07. The minimum Gasteiger partial charge on any atom is -0.397 e. The Morgan fingerprint density at radius 2 is 1.42 bits per heavy atom. The summed E-state index contributed by atoms with van der Waals surface area (Å²) in [4.78, 5) is 27.4. The van der Waals surface area contributed by atoms with Crippen LogP contribution in [0.25, 0.3) is 11.1 Å². The molecule has 1 fully saturated rings. The molecule has 298 valence electrons. The second-order valence-electron chi connectivity index (χ2n) is 15.0. The predicted octanol–water partition coefficient (Wildman–Crippen LogP) is 9.26. The highest BCUT2D eigenvalue weighted by molar-refractivity contribution is 5.93. The van der Waals surface area contributed by atoms with Crippen molar-refractivity contribution in [3.8, 4) is 11.1 Å². The Balaban J connectivity index is 1.02. The van der Waals surface area contributed by atoms with Crippen LogP contribution in [0.5, 0.6) is 0 Å². The van der Waals surface area contributed by atoms with Crippen molar-refractivity contribution in [2.45, 2.75) is 89.6 Å². The number of anilines is 2. The van der Waals surface area contributed by atoms with E-state index in [9.17, 15) is 14.7 Å². The van der Waals surface area contributed by atoms with Crippen molar-refractivity contribution < 1.29 is 24.2 Å². The zero-order valence-electron chi connectivity index (χ0n) is 33.1. The van der Waals surface area contributed by atoms with Crippen molar-refractivity contribution in [3.63, 3.8) is 0 Å². The molecule has 9 nitrogen and oxygen atoms in total. The Kier molecular flexibility index (Phi) is 15.0.